The van der Waals surface area contributed by atoms with Gasteiger partial charge in [-0.1, -0.05) is 57.4 Å². The largest absolute Gasteiger partial charge is 0.207 e. The number of halogens is 1. The van der Waals surface area contributed by atoms with E-state index in [0.29, 0.717) is 5.92 Å². The standard InChI is InChI=1S/C25H35F/c1-3-5-24-17-12-21(18-25(24)26)7-6-20-10-15-23(16-11-20)22-13-8-19(4-2)9-14-22/h12,17-20,22-23H,3-5,8-11,13-16H2,1-2H3. The van der Waals surface area contributed by atoms with Gasteiger partial charge in [0.1, 0.15) is 5.82 Å². The van der Waals surface area contributed by atoms with E-state index in [2.05, 4.69) is 25.7 Å². The maximum Gasteiger partial charge on any atom is 0.127 e. The fourth-order valence-electron chi connectivity index (χ4n) is 5.09. The van der Waals surface area contributed by atoms with Gasteiger partial charge in [-0.15, -0.1) is 0 Å². The van der Waals surface area contributed by atoms with Crippen LogP contribution in [0.15, 0.2) is 18.2 Å². The summed E-state index contributed by atoms with van der Waals surface area (Å²) in [6.07, 6.45) is 14.2. The van der Waals surface area contributed by atoms with Gasteiger partial charge < -0.3 is 0 Å². The highest BCUT2D eigenvalue weighted by Gasteiger charge is 2.29. The van der Waals surface area contributed by atoms with Crippen LogP contribution in [0.5, 0.6) is 0 Å². The molecule has 0 N–H and O–H groups in total. The van der Waals surface area contributed by atoms with Gasteiger partial charge in [0.05, 0.1) is 0 Å². The molecule has 1 aromatic rings. The Hall–Kier alpha value is -1.29. The van der Waals surface area contributed by atoms with Crippen molar-refractivity contribution in [1.82, 2.24) is 0 Å². The van der Waals surface area contributed by atoms with E-state index in [4.69, 9.17) is 0 Å². The first-order chi connectivity index (χ1) is 12.7. The number of benzene rings is 1. The first-order valence-corrected chi connectivity index (χ1v) is 11.0. The van der Waals surface area contributed by atoms with Crippen molar-refractivity contribution in [2.75, 3.05) is 0 Å². The van der Waals surface area contributed by atoms with E-state index >= 15 is 0 Å². The molecule has 0 spiro atoms. The van der Waals surface area contributed by atoms with Gasteiger partial charge in [-0.05, 0) is 80.4 Å². The fourth-order valence-corrected chi connectivity index (χ4v) is 5.09. The molecular formula is C25H35F. The lowest BCUT2D eigenvalue weighted by Gasteiger charge is -2.36. The minimum Gasteiger partial charge on any atom is -0.207 e. The molecular weight excluding hydrogens is 319 g/mol. The molecule has 26 heavy (non-hydrogen) atoms. The van der Waals surface area contributed by atoms with Crippen molar-refractivity contribution < 1.29 is 4.39 Å². The van der Waals surface area contributed by atoms with E-state index in [9.17, 15) is 4.39 Å². The molecule has 0 radical (unpaired) electrons. The Kier molecular flexibility index (Phi) is 7.18. The molecule has 1 aromatic carbocycles. The van der Waals surface area contributed by atoms with E-state index < -0.39 is 0 Å². The van der Waals surface area contributed by atoms with E-state index in [1.54, 1.807) is 6.07 Å². The number of hydrogen-bond donors (Lipinski definition) is 0. The molecule has 0 aliphatic heterocycles. The van der Waals surface area contributed by atoms with Crippen LogP contribution >= 0.6 is 0 Å². The lowest BCUT2D eigenvalue weighted by atomic mass is 9.69. The minimum absolute atomic E-state index is 0.0926. The molecule has 2 aliphatic rings. The van der Waals surface area contributed by atoms with Gasteiger partial charge in [-0.2, -0.15) is 0 Å². The fraction of sp³-hybridized carbons (Fsp3) is 0.680. The first kappa shape index (κ1) is 19.5. The second-order valence-corrected chi connectivity index (χ2v) is 8.63. The van der Waals surface area contributed by atoms with Gasteiger partial charge in [0.2, 0.25) is 0 Å². The normalized spacial score (nSPS) is 29.0. The summed E-state index contributed by atoms with van der Waals surface area (Å²) >= 11 is 0. The predicted octanol–water partition coefficient (Wildman–Crippen LogP) is 7.15. The maximum atomic E-state index is 14.0. The highest BCUT2D eigenvalue weighted by molar-refractivity contribution is 5.37. The van der Waals surface area contributed by atoms with Crippen LogP contribution in [0.25, 0.3) is 0 Å². The summed E-state index contributed by atoms with van der Waals surface area (Å²) < 4.78 is 14.0. The lowest BCUT2D eigenvalue weighted by molar-refractivity contribution is 0.156. The van der Waals surface area contributed by atoms with Gasteiger partial charge in [0.25, 0.3) is 0 Å². The van der Waals surface area contributed by atoms with Gasteiger partial charge in [0, 0.05) is 11.5 Å². The third-order valence-electron chi connectivity index (χ3n) is 6.90. The summed E-state index contributed by atoms with van der Waals surface area (Å²) in [5, 5.41) is 0. The van der Waals surface area contributed by atoms with Crippen molar-refractivity contribution in [3.8, 4) is 11.8 Å². The van der Waals surface area contributed by atoms with Gasteiger partial charge in [0.15, 0.2) is 0 Å². The molecule has 1 heteroatoms. The molecule has 2 aliphatic carbocycles. The minimum atomic E-state index is -0.0926. The van der Waals surface area contributed by atoms with Crippen LogP contribution in [0.4, 0.5) is 4.39 Å². The zero-order chi connectivity index (χ0) is 18.4. The molecule has 2 saturated carbocycles. The van der Waals surface area contributed by atoms with Crippen LogP contribution in [-0.4, -0.2) is 0 Å². The van der Waals surface area contributed by atoms with Crippen molar-refractivity contribution in [3.63, 3.8) is 0 Å². The van der Waals surface area contributed by atoms with Crippen molar-refractivity contribution >= 4 is 0 Å². The molecule has 0 nitrogen and oxygen atoms in total. The molecule has 0 amide bonds. The average molecular weight is 355 g/mol. The van der Waals surface area contributed by atoms with Crippen LogP contribution in [0.1, 0.15) is 89.2 Å². The zero-order valence-electron chi connectivity index (χ0n) is 16.7. The summed E-state index contributed by atoms with van der Waals surface area (Å²) in [5.74, 6) is 10.0. The van der Waals surface area contributed by atoms with Gasteiger partial charge in [-0.3, -0.25) is 0 Å². The van der Waals surface area contributed by atoms with Gasteiger partial charge in [-0.25, -0.2) is 4.39 Å². The van der Waals surface area contributed by atoms with E-state index in [0.717, 1.165) is 41.7 Å². The quantitative estimate of drug-likeness (QED) is 0.503. The van der Waals surface area contributed by atoms with Crippen LogP contribution in [0.3, 0.4) is 0 Å². The zero-order valence-corrected chi connectivity index (χ0v) is 16.7. The van der Waals surface area contributed by atoms with Crippen molar-refractivity contribution in [3.05, 3.63) is 35.1 Å². The Balaban J connectivity index is 1.49. The van der Waals surface area contributed by atoms with Crippen molar-refractivity contribution in [2.45, 2.75) is 84.5 Å². The summed E-state index contributed by atoms with van der Waals surface area (Å²) in [5.41, 5.74) is 1.65. The second kappa shape index (κ2) is 9.59. The number of hydrogen-bond acceptors (Lipinski definition) is 0. The van der Waals surface area contributed by atoms with Crippen LogP contribution < -0.4 is 0 Å². The molecule has 2 fully saturated rings. The lowest BCUT2D eigenvalue weighted by Crippen LogP contribution is -2.25. The SMILES string of the molecule is CCCc1ccc(C#CC2CCC(C3CCC(CC)CC3)CC2)cc1F. The molecule has 0 atom stereocenters. The highest BCUT2D eigenvalue weighted by atomic mass is 19.1. The van der Waals surface area contributed by atoms with Gasteiger partial charge >= 0.3 is 0 Å². The van der Waals surface area contributed by atoms with Crippen molar-refractivity contribution in [2.24, 2.45) is 23.7 Å². The average Bonchev–Trinajstić information content (AvgIpc) is 2.69. The Labute approximate surface area is 160 Å². The predicted molar refractivity (Wildman–Crippen MR) is 108 cm³/mol. The topological polar surface area (TPSA) is 0 Å². The monoisotopic (exact) mass is 354 g/mol. The summed E-state index contributed by atoms with van der Waals surface area (Å²) in [7, 11) is 0. The van der Waals surface area contributed by atoms with E-state index in [1.165, 1.54) is 57.8 Å². The third-order valence-corrected chi connectivity index (χ3v) is 6.90. The maximum absolute atomic E-state index is 14.0. The molecule has 0 saturated heterocycles. The van der Waals surface area contributed by atoms with Crippen LogP contribution in [0.2, 0.25) is 0 Å². The molecule has 0 unspecified atom stereocenters. The Morgan fingerprint density at radius 1 is 0.923 bits per heavy atom. The number of aryl methyl sites for hydroxylation is 1. The third kappa shape index (κ3) is 5.12. The van der Waals surface area contributed by atoms with Crippen LogP contribution in [0, 0.1) is 41.3 Å². The van der Waals surface area contributed by atoms with Crippen molar-refractivity contribution in [1.29, 1.82) is 0 Å². The number of rotatable bonds is 4. The summed E-state index contributed by atoms with van der Waals surface area (Å²) in [4.78, 5) is 0. The summed E-state index contributed by atoms with van der Waals surface area (Å²) in [6, 6.07) is 5.51. The molecule has 0 bridgehead atoms. The molecule has 142 valence electrons. The summed E-state index contributed by atoms with van der Waals surface area (Å²) in [6.45, 7) is 4.43. The highest BCUT2D eigenvalue weighted by Crippen LogP contribution is 2.41. The van der Waals surface area contributed by atoms with E-state index in [-0.39, 0.29) is 5.82 Å². The van der Waals surface area contributed by atoms with Crippen LogP contribution in [-0.2, 0) is 6.42 Å². The second-order valence-electron chi connectivity index (χ2n) is 8.63. The first-order valence-electron chi connectivity index (χ1n) is 11.0. The molecule has 0 aromatic heterocycles. The molecule has 3 rings (SSSR count). The molecule has 0 heterocycles. The van der Waals surface area contributed by atoms with E-state index in [1.807, 2.05) is 12.1 Å². The Morgan fingerprint density at radius 2 is 1.58 bits per heavy atom. The Bertz CT molecular complexity index is 619. The Morgan fingerprint density at radius 3 is 2.15 bits per heavy atom. The smallest absolute Gasteiger partial charge is 0.127 e.